The van der Waals surface area contributed by atoms with E-state index in [-0.39, 0.29) is 46.6 Å². The lowest BCUT2D eigenvalue weighted by Crippen LogP contribution is -2.24. The topological polar surface area (TPSA) is 18.5 Å². The van der Waals surface area contributed by atoms with Crippen molar-refractivity contribution in [2.45, 2.75) is 38.7 Å². The Bertz CT molecular complexity index is 1250. The molecule has 7 heteroatoms. The molecule has 0 amide bonds. The summed E-state index contributed by atoms with van der Waals surface area (Å²) in [5, 5.41) is 0. The maximum absolute atomic E-state index is 15.0. The highest BCUT2D eigenvalue weighted by Crippen LogP contribution is 2.35. The maximum Gasteiger partial charge on any atom is 0.167 e. The molecule has 1 saturated heterocycles. The molecule has 3 aromatic carbocycles. The van der Waals surface area contributed by atoms with Gasteiger partial charge in [-0.2, -0.15) is 0 Å². The predicted octanol–water partition coefficient (Wildman–Crippen LogP) is 8.03. The zero-order valence-electron chi connectivity index (χ0n) is 19.9. The normalized spacial score (nSPS) is 17.7. The van der Waals surface area contributed by atoms with E-state index in [1.807, 2.05) is 0 Å². The highest BCUT2D eigenvalue weighted by atomic mass is 19.2. The van der Waals surface area contributed by atoms with Gasteiger partial charge in [0.2, 0.25) is 0 Å². The van der Waals surface area contributed by atoms with Gasteiger partial charge < -0.3 is 9.47 Å². The van der Waals surface area contributed by atoms with Crippen molar-refractivity contribution in [3.05, 3.63) is 89.8 Å². The number of ether oxygens (including phenoxy) is 2. The van der Waals surface area contributed by atoms with E-state index in [0.717, 1.165) is 25.0 Å². The van der Waals surface area contributed by atoms with Crippen molar-refractivity contribution in [2.24, 2.45) is 5.92 Å². The molecular weight excluding hydrogens is 475 g/mol. The van der Waals surface area contributed by atoms with Crippen molar-refractivity contribution in [1.82, 2.24) is 0 Å². The van der Waals surface area contributed by atoms with Gasteiger partial charge in [-0.05, 0) is 61.8 Å². The van der Waals surface area contributed by atoms with Crippen LogP contribution in [0.15, 0.2) is 55.1 Å². The molecule has 1 heterocycles. The molecule has 0 saturated carbocycles. The van der Waals surface area contributed by atoms with Gasteiger partial charge in [0.25, 0.3) is 0 Å². The van der Waals surface area contributed by atoms with Crippen molar-refractivity contribution in [3.8, 4) is 28.0 Å². The lowest BCUT2D eigenvalue weighted by atomic mass is 9.91. The van der Waals surface area contributed by atoms with E-state index >= 15 is 0 Å². The Hall–Kier alpha value is -3.19. The van der Waals surface area contributed by atoms with Crippen LogP contribution in [0.2, 0.25) is 0 Å². The van der Waals surface area contributed by atoms with E-state index < -0.39 is 34.6 Å². The molecule has 0 N–H and O–H groups in total. The molecule has 190 valence electrons. The van der Waals surface area contributed by atoms with Crippen LogP contribution in [0, 0.1) is 35.0 Å². The van der Waals surface area contributed by atoms with E-state index in [9.17, 15) is 22.0 Å². The van der Waals surface area contributed by atoms with E-state index in [2.05, 4.69) is 6.58 Å². The summed E-state index contributed by atoms with van der Waals surface area (Å²) in [5.74, 6) is -5.44. The lowest BCUT2D eigenvalue weighted by molar-refractivity contribution is 0.00880. The van der Waals surface area contributed by atoms with Crippen LogP contribution in [0.5, 0.6) is 5.75 Å². The van der Waals surface area contributed by atoms with Crippen LogP contribution in [0.25, 0.3) is 22.3 Å². The molecule has 1 aliphatic rings. The quantitative estimate of drug-likeness (QED) is 0.229. The molecule has 0 spiro atoms. The van der Waals surface area contributed by atoms with Crippen molar-refractivity contribution in [1.29, 1.82) is 0 Å². The van der Waals surface area contributed by atoms with Gasteiger partial charge in [-0.3, -0.25) is 0 Å². The van der Waals surface area contributed by atoms with E-state index in [4.69, 9.17) is 9.47 Å². The SMILES string of the molecule is C=CC1CCC(CCc2ccc(-c3ccc(-c4ccc(OCC)c(F)c4)c(F)c3F)c(F)c2F)CO1. The monoisotopic (exact) mass is 502 g/mol. The van der Waals surface area contributed by atoms with Crippen LogP contribution >= 0.6 is 0 Å². The molecule has 0 bridgehead atoms. The van der Waals surface area contributed by atoms with Gasteiger partial charge >= 0.3 is 0 Å². The fraction of sp³-hybridized carbons (Fsp3) is 0.310. The third-order valence-corrected chi connectivity index (χ3v) is 6.57. The second kappa shape index (κ2) is 11.2. The van der Waals surface area contributed by atoms with Crippen LogP contribution in [-0.2, 0) is 11.2 Å². The highest BCUT2D eigenvalue weighted by molar-refractivity contribution is 5.72. The lowest BCUT2D eigenvalue weighted by Gasteiger charge is -2.27. The van der Waals surface area contributed by atoms with Gasteiger partial charge in [0, 0.05) is 16.7 Å². The second-order valence-corrected chi connectivity index (χ2v) is 8.86. The Balaban J connectivity index is 1.55. The Morgan fingerprint density at radius 1 is 0.889 bits per heavy atom. The van der Waals surface area contributed by atoms with Gasteiger partial charge in [-0.15, -0.1) is 6.58 Å². The fourth-order valence-corrected chi connectivity index (χ4v) is 4.51. The first-order valence-electron chi connectivity index (χ1n) is 12.0. The van der Waals surface area contributed by atoms with Gasteiger partial charge in [0.05, 0.1) is 19.3 Å². The molecule has 2 nitrogen and oxygen atoms in total. The molecule has 1 fully saturated rings. The number of benzene rings is 3. The van der Waals surface area contributed by atoms with E-state index in [0.29, 0.717) is 19.4 Å². The zero-order valence-corrected chi connectivity index (χ0v) is 19.9. The smallest absolute Gasteiger partial charge is 0.167 e. The minimum atomic E-state index is -1.34. The van der Waals surface area contributed by atoms with Crippen LogP contribution in [0.3, 0.4) is 0 Å². The Morgan fingerprint density at radius 3 is 2.19 bits per heavy atom. The molecule has 0 aliphatic carbocycles. The zero-order chi connectivity index (χ0) is 25.8. The number of aryl methyl sites for hydroxylation is 1. The summed E-state index contributed by atoms with van der Waals surface area (Å²) < 4.78 is 84.7. The molecule has 1 aliphatic heterocycles. The summed E-state index contributed by atoms with van der Waals surface area (Å²) in [7, 11) is 0. The Labute approximate surface area is 207 Å². The standard InChI is InChI=1S/C29H27F5O2/c1-3-20-10-6-17(16-36-20)5-7-18-8-11-22(28(33)26(18)31)23-13-12-21(27(32)29(23)34)19-9-14-25(35-4-2)24(30)15-19/h3,8-9,11-15,17,20H,1,4-7,10,16H2,2H3. The van der Waals surface area contributed by atoms with Crippen LogP contribution in [-0.4, -0.2) is 19.3 Å². The first-order valence-corrected chi connectivity index (χ1v) is 12.0. The van der Waals surface area contributed by atoms with Gasteiger partial charge in [-0.25, -0.2) is 22.0 Å². The minimum absolute atomic E-state index is 0.00615. The molecule has 2 atom stereocenters. The fourth-order valence-electron chi connectivity index (χ4n) is 4.51. The van der Waals surface area contributed by atoms with E-state index in [1.165, 1.54) is 30.3 Å². The third kappa shape index (κ3) is 5.31. The largest absolute Gasteiger partial charge is 0.491 e. The van der Waals surface area contributed by atoms with Crippen LogP contribution in [0.4, 0.5) is 22.0 Å². The minimum Gasteiger partial charge on any atom is -0.491 e. The summed E-state index contributed by atoms with van der Waals surface area (Å²) in [4.78, 5) is 0. The summed E-state index contributed by atoms with van der Waals surface area (Å²) in [5.41, 5.74) is -0.741. The molecule has 0 radical (unpaired) electrons. The van der Waals surface area contributed by atoms with Crippen LogP contribution < -0.4 is 4.74 Å². The predicted molar refractivity (Wildman–Crippen MR) is 129 cm³/mol. The molecule has 36 heavy (non-hydrogen) atoms. The molecule has 2 unspecified atom stereocenters. The van der Waals surface area contributed by atoms with Crippen molar-refractivity contribution >= 4 is 0 Å². The summed E-state index contributed by atoms with van der Waals surface area (Å²) >= 11 is 0. The number of hydrogen-bond acceptors (Lipinski definition) is 2. The van der Waals surface area contributed by atoms with Crippen molar-refractivity contribution in [2.75, 3.05) is 13.2 Å². The second-order valence-electron chi connectivity index (χ2n) is 8.86. The number of hydrogen-bond donors (Lipinski definition) is 0. The first-order chi connectivity index (χ1) is 17.3. The average molecular weight is 503 g/mol. The highest BCUT2D eigenvalue weighted by Gasteiger charge is 2.23. The third-order valence-electron chi connectivity index (χ3n) is 6.57. The molecule has 0 aromatic heterocycles. The van der Waals surface area contributed by atoms with Gasteiger partial charge in [-0.1, -0.05) is 36.4 Å². The van der Waals surface area contributed by atoms with Gasteiger partial charge in [0.1, 0.15) is 0 Å². The van der Waals surface area contributed by atoms with E-state index in [1.54, 1.807) is 13.0 Å². The molecule has 3 aromatic rings. The van der Waals surface area contributed by atoms with Crippen molar-refractivity contribution in [3.63, 3.8) is 0 Å². The summed E-state index contributed by atoms with van der Waals surface area (Å²) in [6, 6.07) is 8.79. The number of rotatable bonds is 8. The van der Waals surface area contributed by atoms with Crippen molar-refractivity contribution < 1.29 is 31.4 Å². The van der Waals surface area contributed by atoms with Gasteiger partial charge in [0.15, 0.2) is 34.8 Å². The molecule has 4 rings (SSSR count). The Morgan fingerprint density at radius 2 is 1.56 bits per heavy atom. The summed E-state index contributed by atoms with van der Waals surface area (Å²) in [6.07, 6.45) is 4.46. The summed E-state index contributed by atoms with van der Waals surface area (Å²) in [6.45, 7) is 6.20. The van der Waals surface area contributed by atoms with Crippen LogP contribution in [0.1, 0.15) is 31.7 Å². The Kier molecular flexibility index (Phi) is 8.09. The maximum atomic E-state index is 15.0. The average Bonchev–Trinajstić information content (AvgIpc) is 2.88. The number of halogens is 5. The molecular formula is C29H27F5O2. The first kappa shape index (κ1) is 25.9.